The first-order valence-corrected chi connectivity index (χ1v) is 6.95. The molecule has 0 saturated carbocycles. The highest BCUT2D eigenvalue weighted by molar-refractivity contribution is 5.84. The second-order valence-electron chi connectivity index (χ2n) is 5.63. The predicted molar refractivity (Wildman–Crippen MR) is 71.0 cm³/mol. The van der Waals surface area contributed by atoms with Crippen molar-refractivity contribution in [3.8, 4) is 0 Å². The Morgan fingerprint density at radius 3 is 2.89 bits per heavy atom. The van der Waals surface area contributed by atoms with E-state index in [0.29, 0.717) is 12.1 Å². The van der Waals surface area contributed by atoms with Crippen molar-refractivity contribution >= 4 is 5.91 Å². The average Bonchev–Trinajstić information content (AvgIpc) is 2.87. The van der Waals surface area contributed by atoms with Gasteiger partial charge in [0.2, 0.25) is 5.91 Å². The summed E-state index contributed by atoms with van der Waals surface area (Å²) in [7, 11) is 0. The van der Waals surface area contributed by atoms with Crippen molar-refractivity contribution in [3.05, 3.63) is 35.6 Å². The number of hydrogen-bond donors (Lipinski definition) is 1. The molecule has 1 atom stereocenters. The van der Waals surface area contributed by atoms with Gasteiger partial charge in [0.05, 0.1) is 5.41 Å². The van der Waals surface area contributed by atoms with Gasteiger partial charge in [-0.25, -0.2) is 4.39 Å². The Morgan fingerprint density at radius 1 is 1.32 bits per heavy atom. The maximum absolute atomic E-state index is 13.7. The number of carbonyl (C=O) groups excluding carboxylic acids is 1. The molecule has 2 fully saturated rings. The summed E-state index contributed by atoms with van der Waals surface area (Å²) in [6, 6.07) is 6.71. The molecular formula is C15H19FN2O. The fourth-order valence-electron chi connectivity index (χ4n) is 3.27. The Balaban J connectivity index is 1.78. The normalized spacial score (nSPS) is 27.2. The fraction of sp³-hybridized carbons (Fsp3) is 0.533. The van der Waals surface area contributed by atoms with Crippen molar-refractivity contribution in [3.63, 3.8) is 0 Å². The van der Waals surface area contributed by atoms with Crippen LogP contribution in [-0.4, -0.2) is 30.4 Å². The lowest BCUT2D eigenvalue weighted by molar-refractivity contribution is -0.145. The summed E-state index contributed by atoms with van der Waals surface area (Å²) in [5.74, 6) is -0.0218. The second-order valence-corrected chi connectivity index (χ2v) is 5.63. The number of nitrogens with zero attached hydrogens (tertiary/aromatic N) is 1. The van der Waals surface area contributed by atoms with Gasteiger partial charge in [0, 0.05) is 25.2 Å². The Labute approximate surface area is 112 Å². The number of nitrogens with one attached hydrogen (secondary N) is 1. The van der Waals surface area contributed by atoms with Crippen LogP contribution in [-0.2, 0) is 11.3 Å². The third kappa shape index (κ3) is 2.25. The lowest BCUT2D eigenvalue weighted by Crippen LogP contribution is -2.49. The minimum Gasteiger partial charge on any atom is -0.338 e. The lowest BCUT2D eigenvalue weighted by Gasteiger charge is -2.39. The van der Waals surface area contributed by atoms with E-state index in [1.54, 1.807) is 12.1 Å². The van der Waals surface area contributed by atoms with Gasteiger partial charge in [-0.3, -0.25) is 4.79 Å². The first-order valence-electron chi connectivity index (χ1n) is 6.95. The van der Waals surface area contributed by atoms with Crippen molar-refractivity contribution in [2.45, 2.75) is 25.8 Å². The Kier molecular flexibility index (Phi) is 3.27. The van der Waals surface area contributed by atoms with Gasteiger partial charge >= 0.3 is 0 Å². The van der Waals surface area contributed by atoms with Gasteiger partial charge < -0.3 is 10.2 Å². The maximum Gasteiger partial charge on any atom is 0.230 e. The van der Waals surface area contributed by atoms with E-state index in [1.807, 2.05) is 11.0 Å². The van der Waals surface area contributed by atoms with E-state index in [1.165, 1.54) is 6.07 Å². The highest BCUT2D eigenvalue weighted by atomic mass is 19.1. The van der Waals surface area contributed by atoms with Crippen LogP contribution >= 0.6 is 0 Å². The summed E-state index contributed by atoms with van der Waals surface area (Å²) in [6.07, 6.45) is 2.90. The summed E-state index contributed by atoms with van der Waals surface area (Å²) < 4.78 is 13.7. The zero-order valence-corrected chi connectivity index (χ0v) is 11.0. The highest BCUT2D eigenvalue weighted by Gasteiger charge is 2.45. The molecule has 1 N–H and O–H groups in total. The summed E-state index contributed by atoms with van der Waals surface area (Å²) >= 11 is 0. The van der Waals surface area contributed by atoms with Crippen LogP contribution in [0.25, 0.3) is 0 Å². The van der Waals surface area contributed by atoms with Crippen LogP contribution in [0, 0.1) is 11.2 Å². The van der Waals surface area contributed by atoms with Crippen molar-refractivity contribution in [2.75, 3.05) is 19.6 Å². The molecule has 2 saturated heterocycles. The third-order valence-corrected chi connectivity index (χ3v) is 4.39. The molecule has 1 aromatic rings. The minimum absolute atomic E-state index is 0.201. The van der Waals surface area contributed by atoms with E-state index < -0.39 is 0 Å². The molecular weight excluding hydrogens is 243 g/mol. The minimum atomic E-state index is -0.223. The van der Waals surface area contributed by atoms with E-state index in [9.17, 15) is 9.18 Å². The van der Waals surface area contributed by atoms with Crippen LogP contribution in [0.2, 0.25) is 0 Å². The smallest absolute Gasteiger partial charge is 0.230 e. The van der Waals surface area contributed by atoms with Gasteiger partial charge in [0.15, 0.2) is 0 Å². The number of rotatable bonds is 2. The van der Waals surface area contributed by atoms with Crippen molar-refractivity contribution < 1.29 is 9.18 Å². The first-order chi connectivity index (χ1) is 9.21. The lowest BCUT2D eigenvalue weighted by atomic mass is 9.78. The molecule has 2 heterocycles. The highest BCUT2D eigenvalue weighted by Crippen LogP contribution is 2.37. The van der Waals surface area contributed by atoms with Gasteiger partial charge in [0.1, 0.15) is 5.82 Å². The van der Waals surface area contributed by atoms with Gasteiger partial charge in [-0.05, 0) is 31.9 Å². The van der Waals surface area contributed by atoms with E-state index in [4.69, 9.17) is 0 Å². The van der Waals surface area contributed by atoms with Crippen LogP contribution < -0.4 is 5.32 Å². The maximum atomic E-state index is 13.7. The molecule has 0 bridgehead atoms. The Bertz CT molecular complexity index is 483. The van der Waals surface area contributed by atoms with Crippen LogP contribution in [0.4, 0.5) is 4.39 Å². The molecule has 1 aromatic carbocycles. The molecule has 19 heavy (non-hydrogen) atoms. The molecule has 4 heteroatoms. The van der Waals surface area contributed by atoms with Crippen LogP contribution in [0.3, 0.4) is 0 Å². The SMILES string of the molecule is O=C1N(Cc2ccccc2F)CCC[C@]12CCNC2. The van der Waals surface area contributed by atoms with Gasteiger partial charge in [-0.1, -0.05) is 18.2 Å². The molecule has 2 aliphatic rings. The zero-order valence-electron chi connectivity index (χ0n) is 11.0. The molecule has 0 radical (unpaired) electrons. The zero-order chi connectivity index (χ0) is 13.3. The summed E-state index contributed by atoms with van der Waals surface area (Å²) in [4.78, 5) is 14.5. The topological polar surface area (TPSA) is 32.3 Å². The van der Waals surface area contributed by atoms with Crippen LogP contribution in [0.15, 0.2) is 24.3 Å². The largest absolute Gasteiger partial charge is 0.338 e. The number of hydrogen-bond acceptors (Lipinski definition) is 2. The van der Waals surface area contributed by atoms with E-state index in [-0.39, 0.29) is 17.1 Å². The number of amides is 1. The van der Waals surface area contributed by atoms with Crippen molar-refractivity contribution in [2.24, 2.45) is 5.41 Å². The molecule has 0 aromatic heterocycles. The quantitative estimate of drug-likeness (QED) is 0.883. The monoisotopic (exact) mass is 262 g/mol. The molecule has 102 valence electrons. The molecule has 0 aliphatic carbocycles. The predicted octanol–water partition coefficient (Wildman–Crippen LogP) is 1.93. The first kappa shape index (κ1) is 12.6. The number of halogens is 1. The third-order valence-electron chi connectivity index (χ3n) is 4.39. The Morgan fingerprint density at radius 2 is 2.16 bits per heavy atom. The Hall–Kier alpha value is -1.42. The molecule has 2 aliphatic heterocycles. The second kappa shape index (κ2) is 4.93. The number of piperidine rings is 1. The number of benzene rings is 1. The van der Waals surface area contributed by atoms with E-state index in [0.717, 1.165) is 38.9 Å². The van der Waals surface area contributed by atoms with Crippen LogP contribution in [0.1, 0.15) is 24.8 Å². The van der Waals surface area contributed by atoms with Crippen molar-refractivity contribution in [1.82, 2.24) is 10.2 Å². The molecule has 3 nitrogen and oxygen atoms in total. The van der Waals surface area contributed by atoms with Crippen LogP contribution in [0.5, 0.6) is 0 Å². The van der Waals surface area contributed by atoms with E-state index >= 15 is 0 Å². The van der Waals surface area contributed by atoms with Gasteiger partial charge in [-0.2, -0.15) is 0 Å². The molecule has 0 unspecified atom stereocenters. The summed E-state index contributed by atoms with van der Waals surface area (Å²) in [6.45, 7) is 2.83. The summed E-state index contributed by atoms with van der Waals surface area (Å²) in [5.41, 5.74) is 0.391. The molecule has 1 amide bonds. The van der Waals surface area contributed by atoms with Gasteiger partial charge in [0.25, 0.3) is 0 Å². The molecule has 3 rings (SSSR count). The number of likely N-dealkylation sites (tertiary alicyclic amines) is 1. The standard InChI is InChI=1S/C15H19FN2O/c16-13-5-2-1-4-12(13)10-18-9-3-6-15(14(18)19)7-8-17-11-15/h1-2,4-5,17H,3,6-11H2/t15-/m1/s1. The van der Waals surface area contributed by atoms with E-state index in [2.05, 4.69) is 5.32 Å². The van der Waals surface area contributed by atoms with Crippen molar-refractivity contribution in [1.29, 1.82) is 0 Å². The summed E-state index contributed by atoms with van der Waals surface area (Å²) in [5, 5.41) is 3.29. The average molecular weight is 262 g/mol. The number of carbonyl (C=O) groups is 1. The van der Waals surface area contributed by atoms with Gasteiger partial charge in [-0.15, -0.1) is 0 Å². The fourth-order valence-corrected chi connectivity index (χ4v) is 3.27. The molecule has 1 spiro atoms.